The van der Waals surface area contributed by atoms with Crippen molar-refractivity contribution in [3.05, 3.63) is 40.3 Å². The molecule has 0 saturated heterocycles. The summed E-state index contributed by atoms with van der Waals surface area (Å²) in [5, 5.41) is 11.9. The number of aryl methyl sites for hydroxylation is 1. The average molecular weight is 291 g/mol. The van der Waals surface area contributed by atoms with Gasteiger partial charge in [-0.15, -0.1) is 0 Å². The second kappa shape index (κ2) is 5.11. The van der Waals surface area contributed by atoms with Crippen LogP contribution in [0.1, 0.15) is 18.4 Å². The van der Waals surface area contributed by atoms with Gasteiger partial charge in [0.1, 0.15) is 17.1 Å². The SMILES string of the molecule is Cc1cccn2c(=O)cc(NCC3(F)CC(CO)C3)nc12. The normalized spacial score (nSPS) is 24.8. The molecule has 0 amide bonds. The summed E-state index contributed by atoms with van der Waals surface area (Å²) >= 11 is 0. The zero-order valence-corrected chi connectivity index (χ0v) is 11.8. The lowest BCUT2D eigenvalue weighted by atomic mass is 9.72. The lowest BCUT2D eigenvalue weighted by molar-refractivity contribution is -0.00759. The quantitative estimate of drug-likeness (QED) is 0.896. The van der Waals surface area contributed by atoms with Crippen LogP contribution in [0, 0.1) is 12.8 Å². The molecule has 112 valence electrons. The molecule has 2 aromatic rings. The molecule has 6 heteroatoms. The minimum atomic E-state index is -1.31. The molecule has 1 aliphatic rings. The fourth-order valence-electron chi connectivity index (χ4n) is 2.85. The van der Waals surface area contributed by atoms with Crippen molar-refractivity contribution in [2.45, 2.75) is 25.4 Å². The Hall–Kier alpha value is -1.95. The molecule has 0 bridgehead atoms. The Morgan fingerprint density at radius 1 is 1.57 bits per heavy atom. The molecule has 1 fully saturated rings. The summed E-state index contributed by atoms with van der Waals surface area (Å²) in [7, 11) is 0. The Kier molecular flexibility index (Phi) is 3.41. The highest BCUT2D eigenvalue weighted by molar-refractivity contribution is 5.51. The molecular formula is C15H18FN3O2. The lowest BCUT2D eigenvalue weighted by Crippen LogP contribution is -2.46. The van der Waals surface area contributed by atoms with Crippen molar-refractivity contribution in [3.63, 3.8) is 0 Å². The molecule has 0 atom stereocenters. The van der Waals surface area contributed by atoms with E-state index < -0.39 is 5.67 Å². The zero-order valence-electron chi connectivity index (χ0n) is 11.8. The van der Waals surface area contributed by atoms with Crippen LogP contribution in [-0.2, 0) is 0 Å². The van der Waals surface area contributed by atoms with Crippen LogP contribution in [0.2, 0.25) is 0 Å². The monoisotopic (exact) mass is 291 g/mol. The van der Waals surface area contributed by atoms with Crippen LogP contribution in [0.3, 0.4) is 0 Å². The van der Waals surface area contributed by atoms with Crippen LogP contribution < -0.4 is 10.9 Å². The number of nitrogens with zero attached hydrogens (tertiary/aromatic N) is 2. The zero-order chi connectivity index (χ0) is 15.0. The Morgan fingerprint density at radius 2 is 2.33 bits per heavy atom. The Labute approximate surface area is 121 Å². The second-order valence-corrected chi connectivity index (χ2v) is 5.83. The molecule has 1 saturated carbocycles. The molecule has 1 aliphatic carbocycles. The third-order valence-electron chi connectivity index (χ3n) is 4.04. The number of alkyl halides is 1. The topological polar surface area (TPSA) is 66.6 Å². The number of hydrogen-bond acceptors (Lipinski definition) is 4. The van der Waals surface area contributed by atoms with Gasteiger partial charge < -0.3 is 10.4 Å². The molecule has 2 N–H and O–H groups in total. The molecule has 21 heavy (non-hydrogen) atoms. The molecule has 0 spiro atoms. The minimum absolute atomic E-state index is 0.0282. The first-order chi connectivity index (χ1) is 10.0. The molecule has 0 unspecified atom stereocenters. The predicted octanol–water partition coefficient (Wildman–Crippen LogP) is 1.53. The fourth-order valence-corrected chi connectivity index (χ4v) is 2.85. The summed E-state index contributed by atoms with van der Waals surface area (Å²) in [5.41, 5.74) is -0.0493. The van der Waals surface area contributed by atoms with Crippen molar-refractivity contribution in [2.24, 2.45) is 5.92 Å². The number of hydrogen-bond donors (Lipinski definition) is 2. The molecule has 2 aromatic heterocycles. The first kappa shape index (κ1) is 14.0. The van der Waals surface area contributed by atoms with Crippen molar-refractivity contribution in [1.29, 1.82) is 0 Å². The molecule has 2 heterocycles. The maximum absolute atomic E-state index is 14.2. The van der Waals surface area contributed by atoms with E-state index in [9.17, 15) is 9.18 Å². The maximum atomic E-state index is 14.2. The van der Waals surface area contributed by atoms with Crippen LogP contribution >= 0.6 is 0 Å². The van der Waals surface area contributed by atoms with Gasteiger partial charge in [-0.2, -0.15) is 0 Å². The van der Waals surface area contributed by atoms with E-state index in [1.54, 1.807) is 12.3 Å². The molecule has 0 aliphatic heterocycles. The van der Waals surface area contributed by atoms with Crippen LogP contribution in [-0.4, -0.2) is 33.3 Å². The largest absolute Gasteiger partial charge is 0.396 e. The highest BCUT2D eigenvalue weighted by Crippen LogP contribution is 2.40. The van der Waals surface area contributed by atoms with Gasteiger partial charge in [-0.05, 0) is 37.3 Å². The lowest BCUT2D eigenvalue weighted by Gasteiger charge is -2.40. The highest BCUT2D eigenvalue weighted by atomic mass is 19.1. The number of aliphatic hydroxyl groups excluding tert-OH is 1. The Bertz CT molecular complexity index is 722. The van der Waals surface area contributed by atoms with Gasteiger partial charge in [0.2, 0.25) is 0 Å². The van der Waals surface area contributed by atoms with Crippen molar-refractivity contribution in [3.8, 4) is 0 Å². The number of nitrogens with one attached hydrogen (secondary N) is 1. The molecular weight excluding hydrogens is 273 g/mol. The van der Waals surface area contributed by atoms with Gasteiger partial charge >= 0.3 is 0 Å². The van der Waals surface area contributed by atoms with E-state index in [1.807, 2.05) is 13.0 Å². The van der Waals surface area contributed by atoms with E-state index in [2.05, 4.69) is 10.3 Å². The smallest absolute Gasteiger partial charge is 0.259 e. The molecule has 3 rings (SSSR count). The number of aromatic nitrogens is 2. The first-order valence-electron chi connectivity index (χ1n) is 7.03. The van der Waals surface area contributed by atoms with E-state index in [0.717, 1.165) is 5.56 Å². The number of anilines is 1. The summed E-state index contributed by atoms with van der Waals surface area (Å²) in [6, 6.07) is 5.04. The van der Waals surface area contributed by atoms with Gasteiger partial charge in [0.05, 0.1) is 6.54 Å². The van der Waals surface area contributed by atoms with Crippen molar-refractivity contribution >= 4 is 11.5 Å². The van der Waals surface area contributed by atoms with Gasteiger partial charge in [0, 0.05) is 18.9 Å². The van der Waals surface area contributed by atoms with Gasteiger partial charge in [-0.25, -0.2) is 9.37 Å². The van der Waals surface area contributed by atoms with Crippen LogP contribution in [0.15, 0.2) is 29.2 Å². The number of halogens is 1. The third kappa shape index (κ3) is 2.63. The summed E-state index contributed by atoms with van der Waals surface area (Å²) in [6.45, 7) is 2.01. The molecule has 5 nitrogen and oxygen atoms in total. The predicted molar refractivity (Wildman–Crippen MR) is 78.3 cm³/mol. The highest BCUT2D eigenvalue weighted by Gasteiger charge is 2.44. The van der Waals surface area contributed by atoms with Crippen LogP contribution in [0.4, 0.5) is 10.2 Å². The first-order valence-corrected chi connectivity index (χ1v) is 7.03. The molecule has 0 radical (unpaired) electrons. The van der Waals surface area contributed by atoms with E-state index in [1.165, 1.54) is 10.5 Å². The number of aliphatic hydroxyl groups is 1. The standard InChI is InChI=1S/C15H18FN3O2/c1-10-3-2-4-19-13(21)5-12(18-14(10)19)17-9-15(16)6-11(7-15)8-20/h2-5,11,17,20H,6-9H2,1H3. The van der Waals surface area contributed by atoms with Gasteiger partial charge in [0.25, 0.3) is 5.56 Å². The second-order valence-electron chi connectivity index (χ2n) is 5.83. The maximum Gasteiger partial charge on any atom is 0.259 e. The summed E-state index contributed by atoms with van der Waals surface area (Å²) < 4.78 is 15.7. The average Bonchev–Trinajstić information content (AvgIpc) is 2.43. The minimum Gasteiger partial charge on any atom is -0.396 e. The Balaban J connectivity index is 1.79. The Morgan fingerprint density at radius 3 is 3.05 bits per heavy atom. The van der Waals surface area contributed by atoms with E-state index >= 15 is 0 Å². The summed E-state index contributed by atoms with van der Waals surface area (Å²) in [5.74, 6) is 0.438. The number of pyridine rings is 1. The van der Waals surface area contributed by atoms with Gasteiger partial charge in [0.15, 0.2) is 0 Å². The summed E-state index contributed by atoms with van der Waals surface area (Å²) in [4.78, 5) is 16.4. The van der Waals surface area contributed by atoms with Crippen LogP contribution in [0.5, 0.6) is 0 Å². The van der Waals surface area contributed by atoms with Crippen molar-refractivity contribution in [1.82, 2.24) is 9.38 Å². The van der Waals surface area contributed by atoms with Crippen LogP contribution in [0.25, 0.3) is 5.65 Å². The van der Waals surface area contributed by atoms with E-state index in [4.69, 9.17) is 5.11 Å². The molecule has 0 aromatic carbocycles. The number of fused-ring (bicyclic) bond motifs is 1. The fraction of sp³-hybridized carbons (Fsp3) is 0.467. The number of rotatable bonds is 4. The van der Waals surface area contributed by atoms with E-state index in [0.29, 0.717) is 24.3 Å². The van der Waals surface area contributed by atoms with Gasteiger partial charge in [-0.1, -0.05) is 6.07 Å². The van der Waals surface area contributed by atoms with Crippen molar-refractivity contribution in [2.75, 3.05) is 18.5 Å². The third-order valence-corrected chi connectivity index (χ3v) is 4.04. The van der Waals surface area contributed by atoms with Crippen molar-refractivity contribution < 1.29 is 9.50 Å². The van der Waals surface area contributed by atoms with Gasteiger partial charge in [-0.3, -0.25) is 9.20 Å². The van der Waals surface area contributed by atoms with E-state index in [-0.39, 0.29) is 24.6 Å². The summed E-state index contributed by atoms with van der Waals surface area (Å²) in [6.07, 6.45) is 2.36.